The molecule has 0 bridgehead atoms. The van der Waals surface area contributed by atoms with Crippen molar-refractivity contribution in [1.29, 1.82) is 0 Å². The van der Waals surface area contributed by atoms with Crippen molar-refractivity contribution in [2.24, 2.45) is 4.99 Å². The number of hydrogen-bond acceptors (Lipinski definition) is 4. The molecule has 2 N–H and O–H groups in total. The highest BCUT2D eigenvalue weighted by Crippen LogP contribution is 2.26. The Morgan fingerprint density at radius 3 is 2.60 bits per heavy atom. The number of imidazole rings is 1. The predicted molar refractivity (Wildman–Crippen MR) is 122 cm³/mol. The number of para-hydroxylation sites is 4. The van der Waals surface area contributed by atoms with Gasteiger partial charge in [0.1, 0.15) is 11.9 Å². The standard InChI is InChI=1S/C23H31N5O2/c1-17(30-22-13-8-7-12-21(22)29-4)16-26-23(24-3)25-14-9-15-28-18(2)27-19-10-5-6-11-20(19)28/h5-8,10-13,17H,9,14-16H2,1-4H3,(H2,24,25,26). The lowest BCUT2D eigenvalue weighted by atomic mass is 10.3. The number of aryl methyl sites for hydroxylation is 2. The van der Waals surface area contributed by atoms with Gasteiger partial charge in [0.15, 0.2) is 17.5 Å². The van der Waals surface area contributed by atoms with Crippen molar-refractivity contribution in [3.05, 3.63) is 54.4 Å². The van der Waals surface area contributed by atoms with E-state index in [1.807, 2.05) is 37.3 Å². The Balaban J connectivity index is 1.43. The molecule has 0 radical (unpaired) electrons. The molecule has 7 heteroatoms. The molecule has 0 amide bonds. The highest BCUT2D eigenvalue weighted by Gasteiger charge is 2.10. The van der Waals surface area contributed by atoms with Gasteiger partial charge in [-0.1, -0.05) is 24.3 Å². The second-order valence-electron chi connectivity index (χ2n) is 7.11. The summed E-state index contributed by atoms with van der Waals surface area (Å²) in [5, 5.41) is 6.68. The molecule has 3 rings (SSSR count). The number of guanidine groups is 1. The van der Waals surface area contributed by atoms with Crippen LogP contribution >= 0.6 is 0 Å². The van der Waals surface area contributed by atoms with E-state index in [9.17, 15) is 0 Å². The van der Waals surface area contributed by atoms with Gasteiger partial charge in [0.25, 0.3) is 0 Å². The van der Waals surface area contributed by atoms with E-state index < -0.39 is 0 Å². The molecule has 3 aromatic rings. The Bertz CT molecular complexity index is 983. The van der Waals surface area contributed by atoms with E-state index in [0.717, 1.165) is 48.3 Å². The van der Waals surface area contributed by atoms with Crippen molar-refractivity contribution in [3.8, 4) is 11.5 Å². The zero-order valence-corrected chi connectivity index (χ0v) is 18.2. The molecule has 1 atom stereocenters. The molecule has 30 heavy (non-hydrogen) atoms. The molecule has 0 fully saturated rings. The summed E-state index contributed by atoms with van der Waals surface area (Å²) in [6.45, 7) is 6.41. The Morgan fingerprint density at radius 1 is 1.10 bits per heavy atom. The molecule has 0 aliphatic rings. The third-order valence-electron chi connectivity index (χ3n) is 4.87. The lowest BCUT2D eigenvalue weighted by molar-refractivity contribution is 0.213. The molecule has 0 spiro atoms. The molecule has 0 aliphatic heterocycles. The smallest absolute Gasteiger partial charge is 0.191 e. The van der Waals surface area contributed by atoms with Crippen molar-refractivity contribution >= 4 is 17.0 Å². The van der Waals surface area contributed by atoms with Crippen LogP contribution in [0.3, 0.4) is 0 Å². The fourth-order valence-electron chi connectivity index (χ4n) is 3.36. The van der Waals surface area contributed by atoms with E-state index in [4.69, 9.17) is 9.47 Å². The first-order valence-corrected chi connectivity index (χ1v) is 10.3. The molecule has 0 saturated heterocycles. The summed E-state index contributed by atoms with van der Waals surface area (Å²) in [6.07, 6.45) is 0.926. The van der Waals surface area contributed by atoms with E-state index in [-0.39, 0.29) is 6.10 Å². The molecule has 2 aromatic carbocycles. The summed E-state index contributed by atoms with van der Waals surface area (Å²) >= 11 is 0. The quantitative estimate of drug-likeness (QED) is 0.322. The van der Waals surface area contributed by atoms with E-state index >= 15 is 0 Å². The number of fused-ring (bicyclic) bond motifs is 1. The summed E-state index contributed by atoms with van der Waals surface area (Å²) < 4.78 is 13.6. The van der Waals surface area contributed by atoms with Crippen LogP contribution in [-0.2, 0) is 6.54 Å². The number of aliphatic imine (C=N–C) groups is 1. The molecule has 0 saturated carbocycles. The molecular formula is C23H31N5O2. The molecule has 7 nitrogen and oxygen atoms in total. The van der Waals surface area contributed by atoms with Crippen LogP contribution in [-0.4, -0.2) is 48.9 Å². The summed E-state index contributed by atoms with van der Waals surface area (Å²) in [6, 6.07) is 15.9. The molecular weight excluding hydrogens is 378 g/mol. The number of rotatable bonds is 9. The van der Waals surface area contributed by atoms with Crippen molar-refractivity contribution in [2.75, 3.05) is 27.2 Å². The van der Waals surface area contributed by atoms with Gasteiger partial charge in [0, 0.05) is 20.1 Å². The first-order chi connectivity index (χ1) is 14.6. The summed E-state index contributed by atoms with van der Waals surface area (Å²) in [4.78, 5) is 8.92. The van der Waals surface area contributed by atoms with Gasteiger partial charge >= 0.3 is 0 Å². The number of benzene rings is 2. The number of methoxy groups -OCH3 is 1. The van der Waals surface area contributed by atoms with Gasteiger partial charge in [-0.3, -0.25) is 4.99 Å². The van der Waals surface area contributed by atoms with Crippen LogP contribution in [0, 0.1) is 6.92 Å². The van der Waals surface area contributed by atoms with Crippen molar-refractivity contribution in [2.45, 2.75) is 32.9 Å². The SMILES string of the molecule is CN=C(NCCCn1c(C)nc2ccccc21)NCC(C)Oc1ccccc1OC. The van der Waals surface area contributed by atoms with Gasteiger partial charge in [-0.2, -0.15) is 0 Å². The maximum Gasteiger partial charge on any atom is 0.191 e. The molecule has 1 unspecified atom stereocenters. The fourth-order valence-corrected chi connectivity index (χ4v) is 3.36. The molecule has 1 aromatic heterocycles. The minimum absolute atomic E-state index is 0.0418. The van der Waals surface area contributed by atoms with Crippen LogP contribution in [0.2, 0.25) is 0 Å². The summed E-state index contributed by atoms with van der Waals surface area (Å²) in [5.41, 5.74) is 2.23. The Labute approximate surface area is 178 Å². The van der Waals surface area contributed by atoms with Gasteiger partial charge in [-0.25, -0.2) is 4.98 Å². The maximum atomic E-state index is 5.98. The Morgan fingerprint density at radius 2 is 1.83 bits per heavy atom. The number of nitrogens with zero attached hydrogens (tertiary/aromatic N) is 3. The lowest BCUT2D eigenvalue weighted by Crippen LogP contribution is -2.42. The van der Waals surface area contributed by atoms with Crippen LogP contribution in [0.25, 0.3) is 11.0 Å². The van der Waals surface area contributed by atoms with Crippen molar-refractivity contribution < 1.29 is 9.47 Å². The van der Waals surface area contributed by atoms with Crippen molar-refractivity contribution in [1.82, 2.24) is 20.2 Å². The van der Waals surface area contributed by atoms with Crippen LogP contribution in [0.5, 0.6) is 11.5 Å². The van der Waals surface area contributed by atoms with Crippen LogP contribution < -0.4 is 20.1 Å². The van der Waals surface area contributed by atoms with Gasteiger partial charge in [-0.05, 0) is 44.5 Å². The first-order valence-electron chi connectivity index (χ1n) is 10.3. The van der Waals surface area contributed by atoms with Gasteiger partial charge in [0.2, 0.25) is 0 Å². The van der Waals surface area contributed by atoms with Gasteiger partial charge in [0.05, 0.1) is 24.7 Å². The van der Waals surface area contributed by atoms with Gasteiger partial charge < -0.3 is 24.7 Å². The fraction of sp³-hybridized carbons (Fsp3) is 0.391. The van der Waals surface area contributed by atoms with Crippen LogP contribution in [0.1, 0.15) is 19.2 Å². The predicted octanol–water partition coefficient (Wildman–Crippen LogP) is 3.38. The maximum absolute atomic E-state index is 5.98. The minimum Gasteiger partial charge on any atom is -0.493 e. The molecule has 1 heterocycles. The van der Waals surface area contributed by atoms with E-state index in [1.54, 1.807) is 14.2 Å². The largest absolute Gasteiger partial charge is 0.493 e. The van der Waals surface area contributed by atoms with Gasteiger partial charge in [-0.15, -0.1) is 0 Å². The van der Waals surface area contributed by atoms with E-state index in [0.29, 0.717) is 6.54 Å². The Kier molecular flexibility index (Phi) is 7.54. The van der Waals surface area contributed by atoms with E-state index in [1.165, 1.54) is 5.52 Å². The third-order valence-corrected chi connectivity index (χ3v) is 4.87. The monoisotopic (exact) mass is 409 g/mol. The number of aromatic nitrogens is 2. The summed E-state index contributed by atoms with van der Waals surface area (Å²) in [5.74, 6) is 3.27. The third kappa shape index (κ3) is 5.43. The van der Waals surface area contributed by atoms with E-state index in [2.05, 4.69) is 50.3 Å². The molecule has 160 valence electrons. The Hall–Kier alpha value is -3.22. The topological polar surface area (TPSA) is 72.7 Å². The highest BCUT2D eigenvalue weighted by atomic mass is 16.5. The van der Waals surface area contributed by atoms with Crippen LogP contribution in [0.4, 0.5) is 0 Å². The second-order valence-corrected chi connectivity index (χ2v) is 7.11. The first kappa shape index (κ1) is 21.5. The van der Waals surface area contributed by atoms with Crippen molar-refractivity contribution in [3.63, 3.8) is 0 Å². The minimum atomic E-state index is -0.0418. The number of hydrogen-bond donors (Lipinski definition) is 2. The second kappa shape index (κ2) is 10.5. The van der Waals surface area contributed by atoms with Crippen LogP contribution in [0.15, 0.2) is 53.5 Å². The average molecular weight is 410 g/mol. The average Bonchev–Trinajstić information content (AvgIpc) is 3.08. The zero-order valence-electron chi connectivity index (χ0n) is 18.2. The molecule has 0 aliphatic carbocycles. The normalized spacial score (nSPS) is 12.6. The lowest BCUT2D eigenvalue weighted by Gasteiger charge is -2.19. The highest BCUT2D eigenvalue weighted by molar-refractivity contribution is 5.79. The number of nitrogens with one attached hydrogen (secondary N) is 2. The zero-order chi connectivity index (χ0) is 21.3. The summed E-state index contributed by atoms with van der Waals surface area (Å²) in [7, 11) is 3.42. The number of ether oxygens (including phenoxy) is 2.